The molecule has 0 heterocycles. The number of benzene rings is 1. The summed E-state index contributed by atoms with van der Waals surface area (Å²) >= 11 is 4.76. The van der Waals surface area contributed by atoms with Crippen molar-refractivity contribution in [3.63, 3.8) is 0 Å². The van der Waals surface area contributed by atoms with E-state index in [1.165, 1.54) is 11.4 Å². The molecule has 7 heteroatoms. The van der Waals surface area contributed by atoms with E-state index in [2.05, 4.69) is 4.72 Å². The van der Waals surface area contributed by atoms with Crippen LogP contribution in [-0.2, 0) is 10.2 Å². The summed E-state index contributed by atoms with van der Waals surface area (Å²) in [5.41, 5.74) is 5.97. The molecule has 1 aromatic carbocycles. The lowest BCUT2D eigenvalue weighted by molar-refractivity contribution is 0.583. The Morgan fingerprint density at radius 1 is 1.41 bits per heavy atom. The third-order valence-corrected chi connectivity index (χ3v) is 3.85. The highest BCUT2D eigenvalue weighted by atomic mass is 32.2. The third kappa shape index (κ3) is 3.95. The first kappa shape index (κ1) is 13.9. The van der Waals surface area contributed by atoms with Crippen LogP contribution in [0.3, 0.4) is 0 Å². The summed E-state index contributed by atoms with van der Waals surface area (Å²) in [5.74, 6) is 0. The summed E-state index contributed by atoms with van der Waals surface area (Å²) in [6.45, 7) is 0.225. The molecule has 94 valence electrons. The molecule has 3 N–H and O–H groups in total. The molecule has 1 aromatic rings. The maximum atomic E-state index is 11.8. The summed E-state index contributed by atoms with van der Waals surface area (Å²) < 4.78 is 27.2. The number of hydrogen-bond donors (Lipinski definition) is 2. The molecule has 0 aliphatic heterocycles. The van der Waals surface area contributed by atoms with Gasteiger partial charge in [-0.05, 0) is 12.1 Å². The van der Waals surface area contributed by atoms with Crippen LogP contribution in [0.4, 0.5) is 5.69 Å². The highest BCUT2D eigenvalue weighted by molar-refractivity contribution is 7.90. The number of nitrogens with two attached hydrogens (primary N) is 1. The summed E-state index contributed by atoms with van der Waals surface area (Å²) in [5, 5.41) is 0. The summed E-state index contributed by atoms with van der Waals surface area (Å²) in [6.07, 6.45) is 0.338. The fourth-order valence-corrected chi connectivity index (χ4v) is 2.35. The Bertz CT molecular complexity index is 474. The molecule has 0 atom stereocenters. The average molecular weight is 273 g/mol. The first-order valence-corrected chi connectivity index (χ1v) is 6.87. The van der Waals surface area contributed by atoms with Gasteiger partial charge in [0.15, 0.2) is 0 Å². The Morgan fingerprint density at radius 2 is 2.00 bits per heavy atom. The zero-order valence-electron chi connectivity index (χ0n) is 9.46. The lowest BCUT2D eigenvalue weighted by Crippen LogP contribution is -2.40. The van der Waals surface area contributed by atoms with Crippen molar-refractivity contribution in [2.75, 3.05) is 17.9 Å². The van der Waals surface area contributed by atoms with E-state index in [4.69, 9.17) is 18.0 Å². The van der Waals surface area contributed by atoms with Crippen molar-refractivity contribution >= 4 is 33.1 Å². The van der Waals surface area contributed by atoms with Gasteiger partial charge in [-0.3, -0.25) is 4.31 Å². The molecule has 0 saturated carbocycles. The second-order valence-corrected chi connectivity index (χ2v) is 5.66. The molecule has 0 radical (unpaired) electrons. The van der Waals surface area contributed by atoms with Crippen molar-refractivity contribution < 1.29 is 8.42 Å². The fourth-order valence-electron chi connectivity index (χ4n) is 1.30. The zero-order chi connectivity index (χ0) is 12.9. The molecule has 1 rings (SSSR count). The summed E-state index contributed by atoms with van der Waals surface area (Å²) in [4.78, 5) is 0.289. The van der Waals surface area contributed by atoms with Gasteiger partial charge >= 0.3 is 10.2 Å². The van der Waals surface area contributed by atoms with Crippen LogP contribution in [0.1, 0.15) is 6.42 Å². The van der Waals surface area contributed by atoms with Gasteiger partial charge in [0.2, 0.25) is 0 Å². The van der Waals surface area contributed by atoms with Gasteiger partial charge in [-0.1, -0.05) is 30.4 Å². The molecule has 17 heavy (non-hydrogen) atoms. The van der Waals surface area contributed by atoms with Gasteiger partial charge in [-0.15, -0.1) is 0 Å². The van der Waals surface area contributed by atoms with E-state index in [0.29, 0.717) is 12.1 Å². The molecule has 0 amide bonds. The van der Waals surface area contributed by atoms with Crippen LogP contribution in [0.2, 0.25) is 0 Å². The first-order valence-electron chi connectivity index (χ1n) is 5.02. The number of thiocarbonyl (C=S) groups is 1. The van der Waals surface area contributed by atoms with Crippen LogP contribution < -0.4 is 14.8 Å². The molecular weight excluding hydrogens is 258 g/mol. The Hall–Kier alpha value is -1.18. The van der Waals surface area contributed by atoms with Crippen molar-refractivity contribution in [2.45, 2.75) is 6.42 Å². The van der Waals surface area contributed by atoms with Crippen LogP contribution in [0.5, 0.6) is 0 Å². The number of rotatable bonds is 6. The molecule has 0 spiro atoms. The van der Waals surface area contributed by atoms with Gasteiger partial charge < -0.3 is 5.73 Å². The molecule has 5 nitrogen and oxygen atoms in total. The second-order valence-electron chi connectivity index (χ2n) is 3.33. The van der Waals surface area contributed by atoms with Crippen molar-refractivity contribution in [3.05, 3.63) is 30.3 Å². The van der Waals surface area contributed by atoms with E-state index < -0.39 is 10.2 Å². The van der Waals surface area contributed by atoms with Crippen LogP contribution in [0, 0.1) is 0 Å². The fraction of sp³-hybridized carbons (Fsp3) is 0.300. The Balaban J connectivity index is 2.99. The average Bonchev–Trinajstić information content (AvgIpc) is 2.30. The van der Waals surface area contributed by atoms with Crippen LogP contribution >= 0.6 is 12.2 Å². The zero-order valence-corrected chi connectivity index (χ0v) is 11.1. The molecule has 0 aliphatic carbocycles. The van der Waals surface area contributed by atoms with Crippen molar-refractivity contribution in [1.82, 2.24) is 4.72 Å². The van der Waals surface area contributed by atoms with E-state index in [0.717, 1.165) is 0 Å². The molecule has 0 aliphatic rings. The quantitative estimate of drug-likeness (QED) is 0.746. The normalized spacial score (nSPS) is 11.1. The summed E-state index contributed by atoms with van der Waals surface area (Å²) in [6, 6.07) is 8.80. The minimum absolute atomic E-state index is 0.225. The highest BCUT2D eigenvalue weighted by Crippen LogP contribution is 2.16. The van der Waals surface area contributed by atoms with Gasteiger partial charge in [0.25, 0.3) is 0 Å². The lowest BCUT2D eigenvalue weighted by Gasteiger charge is -2.23. The predicted molar refractivity (Wildman–Crippen MR) is 73.2 cm³/mol. The van der Waals surface area contributed by atoms with Crippen molar-refractivity contribution in [3.8, 4) is 0 Å². The molecule has 0 aromatic heterocycles. The first-order chi connectivity index (χ1) is 7.97. The van der Waals surface area contributed by atoms with Gasteiger partial charge in [0.1, 0.15) is 0 Å². The lowest BCUT2D eigenvalue weighted by atomic mass is 10.3. The summed E-state index contributed by atoms with van der Waals surface area (Å²) in [7, 11) is -2.17. The maximum Gasteiger partial charge on any atom is 0.301 e. The van der Waals surface area contributed by atoms with Gasteiger partial charge in [-0.25, -0.2) is 4.72 Å². The standard InChI is InChI=1S/C10H15N3O2S2/c1-12-17(14,15)13(8-7-10(11)16)9-5-3-2-4-6-9/h2-6,12H,7-8H2,1H3,(H2,11,16). The Labute approximate surface area is 107 Å². The largest absolute Gasteiger partial charge is 0.393 e. The number of anilines is 1. The van der Waals surface area contributed by atoms with Crippen LogP contribution in [-0.4, -0.2) is 27.0 Å². The van der Waals surface area contributed by atoms with Crippen LogP contribution in [0.15, 0.2) is 30.3 Å². The Kier molecular flexibility index (Phi) is 4.86. The van der Waals surface area contributed by atoms with Gasteiger partial charge in [0, 0.05) is 20.0 Å². The van der Waals surface area contributed by atoms with E-state index in [-0.39, 0.29) is 11.5 Å². The number of hydrogen-bond acceptors (Lipinski definition) is 3. The topological polar surface area (TPSA) is 75.4 Å². The minimum Gasteiger partial charge on any atom is -0.393 e. The van der Waals surface area contributed by atoms with Crippen molar-refractivity contribution in [1.29, 1.82) is 0 Å². The van der Waals surface area contributed by atoms with E-state index >= 15 is 0 Å². The third-order valence-electron chi connectivity index (χ3n) is 2.15. The van der Waals surface area contributed by atoms with E-state index in [1.54, 1.807) is 24.3 Å². The molecule has 0 saturated heterocycles. The van der Waals surface area contributed by atoms with E-state index in [9.17, 15) is 8.42 Å². The van der Waals surface area contributed by atoms with Gasteiger partial charge in [0.05, 0.1) is 10.7 Å². The smallest absolute Gasteiger partial charge is 0.301 e. The number of para-hydroxylation sites is 1. The molecule has 0 unspecified atom stereocenters. The van der Waals surface area contributed by atoms with Gasteiger partial charge in [-0.2, -0.15) is 8.42 Å². The van der Waals surface area contributed by atoms with Crippen LogP contribution in [0.25, 0.3) is 0 Å². The van der Waals surface area contributed by atoms with Crippen molar-refractivity contribution in [2.24, 2.45) is 5.73 Å². The minimum atomic E-state index is -3.54. The molecular formula is C10H15N3O2S2. The molecule has 0 fully saturated rings. The SMILES string of the molecule is CNS(=O)(=O)N(CCC(N)=S)c1ccccc1. The molecule has 0 bridgehead atoms. The second kappa shape index (κ2) is 5.95. The number of nitrogens with one attached hydrogen (secondary N) is 1. The predicted octanol–water partition coefficient (Wildman–Crippen LogP) is 0.633. The maximum absolute atomic E-state index is 11.8. The monoisotopic (exact) mass is 273 g/mol. The van der Waals surface area contributed by atoms with E-state index in [1.807, 2.05) is 6.07 Å². The Morgan fingerprint density at radius 3 is 2.47 bits per heavy atom. The number of nitrogens with zero attached hydrogens (tertiary/aromatic N) is 1. The highest BCUT2D eigenvalue weighted by Gasteiger charge is 2.19.